The van der Waals surface area contributed by atoms with E-state index in [-0.39, 0.29) is 0 Å². The first kappa shape index (κ1) is 14.0. The number of hydrogen-bond donors (Lipinski definition) is 0. The van der Waals surface area contributed by atoms with E-state index in [1.54, 1.807) is 6.07 Å². The Morgan fingerprint density at radius 3 is 2.59 bits per heavy atom. The van der Waals surface area contributed by atoms with Crippen LogP contribution in [0.25, 0.3) is 0 Å². The summed E-state index contributed by atoms with van der Waals surface area (Å²) in [6.07, 6.45) is 1.13. The van der Waals surface area contributed by atoms with Crippen LogP contribution in [-0.2, 0) is 6.54 Å². The lowest BCUT2D eigenvalue weighted by Gasteiger charge is -2.27. The standard InChI is InChI=1S/C14H19ClN2/c1-4-11(3)17(5-2)10-13-7-6-12(9-16)8-14(13)15/h6-8,11H,4-5,10H2,1-3H3. The van der Waals surface area contributed by atoms with Gasteiger partial charge in [-0.3, -0.25) is 4.90 Å². The second-order valence-corrected chi connectivity index (χ2v) is 4.65. The molecular formula is C14H19ClN2. The van der Waals surface area contributed by atoms with Crippen molar-refractivity contribution in [3.8, 4) is 6.07 Å². The molecule has 0 saturated carbocycles. The van der Waals surface area contributed by atoms with E-state index in [0.29, 0.717) is 16.6 Å². The molecule has 1 aromatic rings. The van der Waals surface area contributed by atoms with Gasteiger partial charge in [-0.05, 0) is 37.6 Å². The predicted molar refractivity (Wildman–Crippen MR) is 72.0 cm³/mol. The summed E-state index contributed by atoms with van der Waals surface area (Å²) in [4.78, 5) is 2.38. The molecule has 0 heterocycles. The van der Waals surface area contributed by atoms with Crippen molar-refractivity contribution in [3.05, 3.63) is 34.3 Å². The molecule has 0 aromatic heterocycles. The highest BCUT2D eigenvalue weighted by molar-refractivity contribution is 6.31. The number of nitrogens with zero attached hydrogens (tertiary/aromatic N) is 2. The molecule has 1 unspecified atom stereocenters. The maximum Gasteiger partial charge on any atom is 0.0992 e. The minimum absolute atomic E-state index is 0.548. The highest BCUT2D eigenvalue weighted by atomic mass is 35.5. The van der Waals surface area contributed by atoms with Crippen molar-refractivity contribution in [1.29, 1.82) is 5.26 Å². The molecule has 0 fully saturated rings. The fourth-order valence-corrected chi connectivity index (χ4v) is 2.04. The molecule has 1 rings (SSSR count). The molecule has 0 bridgehead atoms. The quantitative estimate of drug-likeness (QED) is 0.794. The van der Waals surface area contributed by atoms with E-state index < -0.39 is 0 Å². The lowest BCUT2D eigenvalue weighted by Crippen LogP contribution is -2.31. The summed E-state index contributed by atoms with van der Waals surface area (Å²) >= 11 is 6.18. The molecule has 0 aliphatic carbocycles. The van der Waals surface area contributed by atoms with Gasteiger partial charge in [-0.1, -0.05) is 31.5 Å². The summed E-state index contributed by atoms with van der Waals surface area (Å²) < 4.78 is 0. The molecule has 3 heteroatoms. The Labute approximate surface area is 109 Å². The van der Waals surface area contributed by atoms with Crippen LogP contribution in [-0.4, -0.2) is 17.5 Å². The third-order valence-electron chi connectivity index (χ3n) is 3.18. The molecule has 0 saturated heterocycles. The Balaban J connectivity index is 2.84. The third-order valence-corrected chi connectivity index (χ3v) is 3.53. The van der Waals surface area contributed by atoms with Crippen molar-refractivity contribution in [1.82, 2.24) is 4.90 Å². The largest absolute Gasteiger partial charge is 0.297 e. The highest BCUT2D eigenvalue weighted by Crippen LogP contribution is 2.20. The first-order valence-corrected chi connectivity index (χ1v) is 6.42. The maximum atomic E-state index is 8.79. The molecule has 0 aliphatic heterocycles. The van der Waals surface area contributed by atoms with E-state index in [2.05, 4.69) is 31.7 Å². The highest BCUT2D eigenvalue weighted by Gasteiger charge is 2.12. The third kappa shape index (κ3) is 3.73. The predicted octanol–water partition coefficient (Wildman–Crippen LogP) is 3.83. The molecule has 92 valence electrons. The van der Waals surface area contributed by atoms with Crippen LogP contribution in [0.3, 0.4) is 0 Å². The molecule has 0 aliphatic rings. The van der Waals surface area contributed by atoms with Gasteiger partial charge in [-0.2, -0.15) is 5.26 Å². The number of halogens is 1. The van der Waals surface area contributed by atoms with Crippen LogP contribution in [0, 0.1) is 11.3 Å². The molecule has 0 radical (unpaired) electrons. The summed E-state index contributed by atoms with van der Waals surface area (Å²) in [6, 6.07) is 8.16. The van der Waals surface area contributed by atoms with Crippen molar-refractivity contribution >= 4 is 11.6 Å². The summed E-state index contributed by atoms with van der Waals surface area (Å²) in [6.45, 7) is 8.42. The van der Waals surface area contributed by atoms with Crippen molar-refractivity contribution < 1.29 is 0 Å². The van der Waals surface area contributed by atoms with E-state index in [1.807, 2.05) is 12.1 Å². The van der Waals surface area contributed by atoms with Crippen LogP contribution in [0.1, 0.15) is 38.3 Å². The van der Waals surface area contributed by atoms with Gasteiger partial charge in [0.05, 0.1) is 11.6 Å². The van der Waals surface area contributed by atoms with Crippen molar-refractivity contribution in [3.63, 3.8) is 0 Å². The molecule has 1 atom stereocenters. The lowest BCUT2D eigenvalue weighted by atomic mass is 10.1. The Kier molecular flexibility index (Phi) is 5.47. The molecule has 0 N–H and O–H groups in total. The minimum atomic E-state index is 0.548. The Morgan fingerprint density at radius 2 is 2.12 bits per heavy atom. The van der Waals surface area contributed by atoms with E-state index in [4.69, 9.17) is 16.9 Å². The topological polar surface area (TPSA) is 27.0 Å². The average Bonchev–Trinajstić information content (AvgIpc) is 2.36. The second-order valence-electron chi connectivity index (χ2n) is 4.24. The Bertz CT molecular complexity index is 409. The van der Waals surface area contributed by atoms with Crippen molar-refractivity contribution in [2.75, 3.05) is 6.54 Å². The van der Waals surface area contributed by atoms with Crippen LogP contribution in [0.4, 0.5) is 0 Å². The van der Waals surface area contributed by atoms with Crippen molar-refractivity contribution in [2.24, 2.45) is 0 Å². The molecule has 1 aromatic carbocycles. The van der Waals surface area contributed by atoms with E-state index >= 15 is 0 Å². The van der Waals surface area contributed by atoms with Crippen molar-refractivity contribution in [2.45, 2.75) is 39.8 Å². The molecular weight excluding hydrogens is 232 g/mol. The van der Waals surface area contributed by atoms with Gasteiger partial charge in [-0.25, -0.2) is 0 Å². The molecule has 17 heavy (non-hydrogen) atoms. The first-order chi connectivity index (χ1) is 8.12. The van der Waals surface area contributed by atoms with Gasteiger partial charge in [-0.15, -0.1) is 0 Å². The van der Waals surface area contributed by atoms with Gasteiger partial charge < -0.3 is 0 Å². The fraction of sp³-hybridized carbons (Fsp3) is 0.500. The van der Waals surface area contributed by atoms with Gasteiger partial charge in [0.25, 0.3) is 0 Å². The first-order valence-electron chi connectivity index (χ1n) is 6.04. The van der Waals surface area contributed by atoms with Gasteiger partial charge in [0.1, 0.15) is 0 Å². The normalized spacial score (nSPS) is 12.5. The van der Waals surface area contributed by atoms with Gasteiger partial charge in [0.15, 0.2) is 0 Å². The van der Waals surface area contributed by atoms with Gasteiger partial charge in [0, 0.05) is 17.6 Å². The zero-order valence-electron chi connectivity index (χ0n) is 10.7. The van der Waals surface area contributed by atoms with Crippen LogP contribution in [0.2, 0.25) is 5.02 Å². The average molecular weight is 251 g/mol. The SMILES string of the molecule is CCC(C)N(CC)Cc1ccc(C#N)cc1Cl. The van der Waals surface area contributed by atoms with Crippen LogP contribution in [0.15, 0.2) is 18.2 Å². The summed E-state index contributed by atoms with van der Waals surface area (Å²) in [5.41, 5.74) is 1.71. The van der Waals surface area contributed by atoms with E-state index in [0.717, 1.165) is 25.1 Å². The Morgan fingerprint density at radius 1 is 1.41 bits per heavy atom. The number of hydrogen-bond acceptors (Lipinski definition) is 2. The van der Waals surface area contributed by atoms with Gasteiger partial charge >= 0.3 is 0 Å². The van der Waals surface area contributed by atoms with E-state index in [1.165, 1.54) is 0 Å². The zero-order valence-corrected chi connectivity index (χ0v) is 11.5. The Hall–Kier alpha value is -1.04. The molecule has 0 spiro atoms. The smallest absolute Gasteiger partial charge is 0.0992 e. The van der Waals surface area contributed by atoms with Gasteiger partial charge in [0.2, 0.25) is 0 Å². The number of benzene rings is 1. The summed E-state index contributed by atoms with van der Waals surface area (Å²) in [5, 5.41) is 9.47. The van der Waals surface area contributed by atoms with Crippen LogP contribution in [0.5, 0.6) is 0 Å². The number of rotatable bonds is 5. The van der Waals surface area contributed by atoms with E-state index in [9.17, 15) is 0 Å². The molecule has 2 nitrogen and oxygen atoms in total. The fourth-order valence-electron chi connectivity index (χ4n) is 1.80. The zero-order chi connectivity index (χ0) is 12.8. The molecule has 0 amide bonds. The van der Waals surface area contributed by atoms with Crippen LogP contribution >= 0.6 is 11.6 Å². The summed E-state index contributed by atoms with van der Waals surface area (Å²) in [5.74, 6) is 0. The minimum Gasteiger partial charge on any atom is -0.297 e. The van der Waals surface area contributed by atoms with Crippen LogP contribution < -0.4 is 0 Å². The summed E-state index contributed by atoms with van der Waals surface area (Å²) in [7, 11) is 0. The second kappa shape index (κ2) is 6.64. The number of nitriles is 1. The lowest BCUT2D eigenvalue weighted by molar-refractivity contribution is 0.206. The monoisotopic (exact) mass is 250 g/mol. The maximum absolute atomic E-state index is 8.79.